The van der Waals surface area contributed by atoms with Crippen LogP contribution in [0.5, 0.6) is 0 Å². The predicted octanol–water partition coefficient (Wildman–Crippen LogP) is 0.300. The van der Waals surface area contributed by atoms with Crippen LogP contribution in [-0.2, 0) is 26.1 Å². The monoisotopic (exact) mass is 438 g/mol. The Morgan fingerprint density at radius 3 is 2.30 bits per heavy atom. The van der Waals surface area contributed by atoms with E-state index in [9.17, 15) is 27.8 Å². The third-order valence-corrected chi connectivity index (χ3v) is 6.22. The van der Waals surface area contributed by atoms with Gasteiger partial charge in [-0.15, -0.1) is 0 Å². The van der Waals surface area contributed by atoms with Gasteiger partial charge in [0.25, 0.3) is 0 Å². The van der Waals surface area contributed by atoms with Gasteiger partial charge < -0.3 is 20.3 Å². The summed E-state index contributed by atoms with van der Waals surface area (Å²) in [5.74, 6) is -0.809. The molecule has 1 aliphatic rings. The highest BCUT2D eigenvalue weighted by Gasteiger charge is 2.43. The molecule has 0 bridgehead atoms. The first-order valence-corrected chi connectivity index (χ1v) is 10.8. The number of ether oxygens (including phenoxy) is 1. The minimum absolute atomic E-state index is 0.0646. The molecule has 4 atom stereocenters. The van der Waals surface area contributed by atoms with Gasteiger partial charge in [-0.2, -0.15) is 0 Å². The highest BCUT2D eigenvalue weighted by molar-refractivity contribution is 7.89. The van der Waals surface area contributed by atoms with Crippen LogP contribution in [0, 0.1) is 5.82 Å². The molecular weight excluding hydrogens is 415 g/mol. The number of halogens is 1. The van der Waals surface area contributed by atoms with Crippen LogP contribution in [0.2, 0.25) is 0 Å². The summed E-state index contributed by atoms with van der Waals surface area (Å²) in [7, 11) is -3.80. The van der Waals surface area contributed by atoms with Gasteiger partial charge in [0.15, 0.2) is 0 Å². The van der Waals surface area contributed by atoms with Gasteiger partial charge in [-0.1, -0.05) is 30.3 Å². The molecule has 0 aliphatic carbocycles. The first-order valence-electron chi connectivity index (χ1n) is 9.34. The Morgan fingerprint density at radius 2 is 1.63 bits per heavy atom. The van der Waals surface area contributed by atoms with Crippen molar-refractivity contribution in [2.45, 2.75) is 42.3 Å². The molecule has 162 valence electrons. The largest absolute Gasteiger partial charge is 0.388 e. The van der Waals surface area contributed by atoms with Crippen molar-refractivity contribution >= 4 is 15.9 Å². The van der Waals surface area contributed by atoms with Crippen molar-refractivity contribution in [2.75, 3.05) is 6.54 Å². The molecule has 0 saturated carbocycles. The fourth-order valence-electron chi connectivity index (χ4n) is 3.10. The number of hydrogen-bond donors (Lipinski definition) is 4. The molecule has 2 aromatic rings. The fourth-order valence-corrected chi connectivity index (χ4v) is 4.16. The maximum absolute atomic E-state index is 12.9. The molecule has 0 aromatic heterocycles. The second-order valence-corrected chi connectivity index (χ2v) is 8.73. The minimum Gasteiger partial charge on any atom is -0.388 e. The molecule has 0 radical (unpaired) electrons. The lowest BCUT2D eigenvalue weighted by Gasteiger charge is -2.15. The summed E-state index contributed by atoms with van der Waals surface area (Å²) >= 11 is 0. The van der Waals surface area contributed by atoms with Crippen molar-refractivity contribution in [1.82, 2.24) is 10.0 Å². The van der Waals surface area contributed by atoms with Crippen LogP contribution < -0.4 is 10.0 Å². The summed E-state index contributed by atoms with van der Waals surface area (Å²) < 4.78 is 45.3. The second kappa shape index (κ2) is 9.63. The molecule has 1 aliphatic heterocycles. The van der Waals surface area contributed by atoms with E-state index in [2.05, 4.69) is 10.0 Å². The molecule has 1 heterocycles. The van der Waals surface area contributed by atoms with Crippen molar-refractivity contribution in [3.8, 4) is 0 Å². The molecule has 10 heteroatoms. The first-order chi connectivity index (χ1) is 14.3. The van der Waals surface area contributed by atoms with Crippen molar-refractivity contribution in [3.63, 3.8) is 0 Å². The number of rotatable bonds is 8. The zero-order chi connectivity index (χ0) is 21.7. The summed E-state index contributed by atoms with van der Waals surface area (Å²) in [4.78, 5) is 12.2. The molecule has 1 saturated heterocycles. The molecule has 1 amide bonds. The van der Waals surface area contributed by atoms with Crippen LogP contribution in [0.4, 0.5) is 4.39 Å². The minimum atomic E-state index is -3.80. The third-order valence-electron chi connectivity index (χ3n) is 4.78. The van der Waals surface area contributed by atoms with Crippen LogP contribution >= 0.6 is 0 Å². The Morgan fingerprint density at radius 1 is 1.00 bits per heavy atom. The van der Waals surface area contributed by atoms with E-state index >= 15 is 0 Å². The molecule has 3 rings (SSSR count). The molecule has 8 nitrogen and oxygen atoms in total. The van der Waals surface area contributed by atoms with Gasteiger partial charge in [-0.3, -0.25) is 4.79 Å². The lowest BCUT2D eigenvalue weighted by atomic mass is 10.1. The van der Waals surface area contributed by atoms with E-state index in [0.29, 0.717) is 5.56 Å². The summed E-state index contributed by atoms with van der Waals surface area (Å²) in [6.45, 7) is -0.0893. The smallest absolute Gasteiger partial charge is 0.240 e. The zero-order valence-corrected chi connectivity index (χ0v) is 16.8. The number of hydrogen-bond acceptors (Lipinski definition) is 6. The van der Waals surface area contributed by atoms with Crippen LogP contribution in [-0.4, -0.2) is 55.5 Å². The highest BCUT2D eigenvalue weighted by Crippen LogP contribution is 2.24. The van der Waals surface area contributed by atoms with Crippen molar-refractivity contribution in [3.05, 3.63) is 66.0 Å². The Balaban J connectivity index is 1.50. The van der Waals surface area contributed by atoms with Gasteiger partial charge in [0.1, 0.15) is 24.1 Å². The average molecular weight is 438 g/mol. The molecular formula is C20H23FN2O6S. The Bertz CT molecular complexity index is 955. The third kappa shape index (κ3) is 5.61. The van der Waals surface area contributed by atoms with E-state index in [1.807, 2.05) is 0 Å². The van der Waals surface area contributed by atoms with Gasteiger partial charge >= 0.3 is 0 Å². The number of sulfonamides is 1. The van der Waals surface area contributed by atoms with E-state index < -0.39 is 40.3 Å². The van der Waals surface area contributed by atoms with Gasteiger partial charge in [-0.25, -0.2) is 17.5 Å². The lowest BCUT2D eigenvalue weighted by Crippen LogP contribution is -2.40. The molecule has 30 heavy (non-hydrogen) atoms. The quantitative estimate of drug-likeness (QED) is 0.470. The number of nitrogens with one attached hydrogen (secondary N) is 2. The summed E-state index contributed by atoms with van der Waals surface area (Å²) in [5, 5.41) is 23.0. The molecule has 0 unspecified atom stereocenters. The topological polar surface area (TPSA) is 125 Å². The van der Waals surface area contributed by atoms with E-state index in [4.69, 9.17) is 4.74 Å². The van der Waals surface area contributed by atoms with Gasteiger partial charge in [0.05, 0.1) is 17.4 Å². The number of aliphatic hydroxyl groups excluding tert-OH is 2. The maximum Gasteiger partial charge on any atom is 0.240 e. The maximum atomic E-state index is 12.9. The molecule has 0 spiro atoms. The molecule has 4 N–H and O–H groups in total. The van der Waals surface area contributed by atoms with Crippen molar-refractivity contribution < 1.29 is 32.6 Å². The van der Waals surface area contributed by atoms with Gasteiger partial charge in [-0.05, 0) is 29.8 Å². The number of aliphatic hydroxyl groups is 2. The van der Waals surface area contributed by atoms with E-state index in [1.165, 1.54) is 36.4 Å². The lowest BCUT2D eigenvalue weighted by molar-refractivity contribution is -0.125. The number of carbonyl (C=O) groups is 1. The Kier molecular flexibility index (Phi) is 7.16. The van der Waals surface area contributed by atoms with Gasteiger partial charge in [0.2, 0.25) is 15.9 Å². The van der Waals surface area contributed by atoms with E-state index in [-0.39, 0.29) is 30.2 Å². The number of benzene rings is 2. The summed E-state index contributed by atoms with van der Waals surface area (Å²) in [6, 6.07) is 13.3. The summed E-state index contributed by atoms with van der Waals surface area (Å²) in [6.07, 6.45) is -4.90. The average Bonchev–Trinajstić information content (AvgIpc) is 3.00. The SMILES string of the molecule is O=C(C[C@@H]1O[C@H](CNS(=O)(=O)c2ccccc2)[C@@H](O)[C@H]1O)NCc1ccc(F)cc1. The number of carbonyl (C=O) groups excluding carboxylic acids is 1. The van der Waals surface area contributed by atoms with Crippen molar-refractivity contribution in [1.29, 1.82) is 0 Å². The van der Waals surface area contributed by atoms with Crippen molar-refractivity contribution in [2.24, 2.45) is 0 Å². The standard InChI is InChI=1S/C20H23FN2O6S/c21-14-8-6-13(7-9-14)11-22-18(24)10-16-19(25)20(26)17(29-16)12-23-30(27,28)15-4-2-1-3-5-15/h1-9,16-17,19-20,23,25-26H,10-12H2,(H,22,24)/t16-,17+,19-,20+/m0/s1. The Labute approximate surface area is 173 Å². The van der Waals surface area contributed by atoms with Crippen LogP contribution in [0.15, 0.2) is 59.5 Å². The van der Waals surface area contributed by atoms with Gasteiger partial charge in [0, 0.05) is 13.1 Å². The normalized spacial score (nSPS) is 24.0. The second-order valence-electron chi connectivity index (χ2n) is 6.97. The summed E-state index contributed by atoms with van der Waals surface area (Å²) in [5.41, 5.74) is 0.700. The van der Waals surface area contributed by atoms with Crippen LogP contribution in [0.3, 0.4) is 0 Å². The number of amides is 1. The van der Waals surface area contributed by atoms with E-state index in [1.54, 1.807) is 18.2 Å². The Hall–Kier alpha value is -2.37. The first kappa shape index (κ1) is 22.3. The molecule has 1 fully saturated rings. The fraction of sp³-hybridized carbons (Fsp3) is 0.350. The predicted molar refractivity (Wildman–Crippen MR) is 105 cm³/mol. The van der Waals surface area contributed by atoms with E-state index in [0.717, 1.165) is 0 Å². The van der Waals surface area contributed by atoms with Crippen LogP contribution in [0.1, 0.15) is 12.0 Å². The van der Waals surface area contributed by atoms with Crippen LogP contribution in [0.25, 0.3) is 0 Å². The highest BCUT2D eigenvalue weighted by atomic mass is 32.2. The molecule has 2 aromatic carbocycles. The zero-order valence-electron chi connectivity index (χ0n) is 15.9.